The topological polar surface area (TPSA) is 9.23 Å². The van der Waals surface area contributed by atoms with Crippen LogP contribution < -0.4 is 4.74 Å². The van der Waals surface area contributed by atoms with E-state index in [2.05, 4.69) is 25.0 Å². The van der Waals surface area contributed by atoms with Gasteiger partial charge in [-0.15, -0.1) is 6.58 Å². The minimum Gasteiger partial charge on any atom is -0.489 e. The standard InChI is InChI=1S/C31H34F2O/c1-3-5-6-22-7-8-26-19-27(14-13-25(26)18-22)28-12-11-23(30(32)20-28)9-10-24-15-16-29(21-31(24)33)34-17-4-2/h3-4,11-12,15-16,20-22,25-27H,1-2,5-8,13-14,17-19H2. The molecule has 0 radical (unpaired) electrons. The van der Waals surface area contributed by atoms with Crippen molar-refractivity contribution in [2.45, 2.75) is 57.3 Å². The van der Waals surface area contributed by atoms with Crippen LogP contribution >= 0.6 is 0 Å². The summed E-state index contributed by atoms with van der Waals surface area (Å²) in [6.07, 6.45) is 13.6. The third-order valence-electron chi connectivity index (χ3n) is 7.61. The molecule has 34 heavy (non-hydrogen) atoms. The summed E-state index contributed by atoms with van der Waals surface area (Å²) in [5.41, 5.74) is 1.59. The molecule has 0 saturated heterocycles. The van der Waals surface area contributed by atoms with Crippen molar-refractivity contribution < 1.29 is 13.5 Å². The van der Waals surface area contributed by atoms with E-state index in [0.717, 1.165) is 42.6 Å². The van der Waals surface area contributed by atoms with E-state index in [1.807, 2.05) is 12.1 Å². The van der Waals surface area contributed by atoms with Crippen LogP contribution in [0.1, 0.15) is 74.0 Å². The molecule has 0 N–H and O–H groups in total. The van der Waals surface area contributed by atoms with Crippen molar-refractivity contribution >= 4 is 0 Å². The molecule has 2 fully saturated rings. The van der Waals surface area contributed by atoms with Crippen LogP contribution in [-0.4, -0.2) is 6.61 Å². The number of ether oxygens (including phenoxy) is 1. The molecule has 2 aliphatic carbocycles. The highest BCUT2D eigenvalue weighted by Gasteiger charge is 2.35. The van der Waals surface area contributed by atoms with E-state index >= 15 is 0 Å². The Balaban J connectivity index is 1.39. The zero-order chi connectivity index (χ0) is 23.9. The maximum absolute atomic E-state index is 14.9. The fourth-order valence-electron chi connectivity index (χ4n) is 5.77. The van der Waals surface area contributed by atoms with E-state index in [9.17, 15) is 8.78 Å². The summed E-state index contributed by atoms with van der Waals surface area (Å²) in [4.78, 5) is 0. The molecule has 0 aliphatic heterocycles. The van der Waals surface area contributed by atoms with E-state index < -0.39 is 5.82 Å². The van der Waals surface area contributed by atoms with E-state index in [1.54, 1.807) is 30.3 Å². The average molecular weight is 461 g/mol. The van der Waals surface area contributed by atoms with Crippen molar-refractivity contribution in [3.63, 3.8) is 0 Å². The van der Waals surface area contributed by atoms with Gasteiger partial charge in [0, 0.05) is 6.07 Å². The first-order valence-corrected chi connectivity index (χ1v) is 12.5. The first-order valence-electron chi connectivity index (χ1n) is 12.5. The minimum atomic E-state index is -0.484. The fourth-order valence-corrected chi connectivity index (χ4v) is 5.77. The van der Waals surface area contributed by atoms with Gasteiger partial charge in [-0.1, -0.05) is 43.1 Å². The quantitative estimate of drug-likeness (QED) is 0.299. The fraction of sp³-hybridized carbons (Fsp3) is 0.419. The summed E-state index contributed by atoms with van der Waals surface area (Å²) in [5.74, 6) is 8.04. The number of hydrogen-bond acceptors (Lipinski definition) is 1. The Bertz CT molecular complexity index is 1080. The number of hydrogen-bond donors (Lipinski definition) is 0. The maximum atomic E-state index is 14.9. The third kappa shape index (κ3) is 5.98. The molecule has 1 nitrogen and oxygen atoms in total. The van der Waals surface area contributed by atoms with Gasteiger partial charge in [0.25, 0.3) is 0 Å². The SMILES string of the molecule is C=CCCC1CCC2CC(c3ccc(C#Cc4ccc(OCC=C)cc4F)c(F)c3)CCC2C1. The highest BCUT2D eigenvalue weighted by molar-refractivity contribution is 5.46. The van der Waals surface area contributed by atoms with Crippen LogP contribution in [0.4, 0.5) is 8.78 Å². The molecule has 0 aromatic heterocycles. The zero-order valence-corrected chi connectivity index (χ0v) is 19.9. The van der Waals surface area contributed by atoms with Crippen LogP contribution in [0.2, 0.25) is 0 Å². The molecule has 0 amide bonds. The molecule has 4 atom stereocenters. The first-order chi connectivity index (χ1) is 16.6. The second-order valence-corrected chi connectivity index (χ2v) is 9.81. The largest absolute Gasteiger partial charge is 0.489 e. The molecule has 2 aromatic carbocycles. The Morgan fingerprint density at radius 3 is 2.26 bits per heavy atom. The summed E-state index contributed by atoms with van der Waals surface area (Å²) in [6.45, 7) is 7.74. The molecular weight excluding hydrogens is 426 g/mol. The van der Waals surface area contributed by atoms with E-state index in [4.69, 9.17) is 4.74 Å². The molecule has 2 aromatic rings. The van der Waals surface area contributed by atoms with Gasteiger partial charge in [-0.3, -0.25) is 0 Å². The van der Waals surface area contributed by atoms with Gasteiger partial charge in [0.2, 0.25) is 0 Å². The summed E-state index contributed by atoms with van der Waals surface area (Å²) in [7, 11) is 0. The predicted molar refractivity (Wildman–Crippen MR) is 135 cm³/mol. The summed E-state index contributed by atoms with van der Waals surface area (Å²) in [5, 5.41) is 0. The lowest BCUT2D eigenvalue weighted by Crippen LogP contribution is -2.30. The van der Waals surface area contributed by atoms with Crippen LogP contribution in [0.5, 0.6) is 5.75 Å². The summed E-state index contributed by atoms with van der Waals surface area (Å²) in [6, 6.07) is 9.90. The van der Waals surface area contributed by atoms with E-state index in [1.165, 1.54) is 38.2 Å². The van der Waals surface area contributed by atoms with Crippen molar-refractivity contribution in [2.75, 3.05) is 6.61 Å². The van der Waals surface area contributed by atoms with Gasteiger partial charge >= 0.3 is 0 Å². The zero-order valence-electron chi connectivity index (χ0n) is 19.9. The molecular formula is C31H34F2O. The molecule has 178 valence electrons. The number of benzene rings is 2. The molecule has 0 heterocycles. The lowest BCUT2D eigenvalue weighted by molar-refractivity contribution is 0.115. The average Bonchev–Trinajstić information content (AvgIpc) is 2.85. The van der Waals surface area contributed by atoms with Crippen molar-refractivity contribution in [1.82, 2.24) is 0 Å². The Kier molecular flexibility index (Phi) is 8.22. The van der Waals surface area contributed by atoms with Gasteiger partial charge < -0.3 is 4.74 Å². The molecule has 3 heteroatoms. The highest BCUT2D eigenvalue weighted by atomic mass is 19.1. The van der Waals surface area contributed by atoms with Crippen LogP contribution in [0, 0.1) is 41.2 Å². The van der Waals surface area contributed by atoms with Crippen LogP contribution in [0.15, 0.2) is 61.7 Å². The predicted octanol–water partition coefficient (Wildman–Crippen LogP) is 8.20. The van der Waals surface area contributed by atoms with Crippen molar-refractivity contribution in [1.29, 1.82) is 0 Å². The van der Waals surface area contributed by atoms with Crippen molar-refractivity contribution in [2.24, 2.45) is 17.8 Å². The van der Waals surface area contributed by atoms with Crippen LogP contribution in [0.25, 0.3) is 0 Å². The Labute approximate surface area is 202 Å². The summed E-state index contributed by atoms with van der Waals surface area (Å²) < 4.78 is 34.5. The normalized spacial score (nSPS) is 23.8. The molecule has 4 unspecified atom stereocenters. The minimum absolute atomic E-state index is 0.219. The van der Waals surface area contributed by atoms with Gasteiger partial charge in [-0.2, -0.15) is 0 Å². The van der Waals surface area contributed by atoms with Crippen LogP contribution in [0.3, 0.4) is 0 Å². The smallest absolute Gasteiger partial charge is 0.142 e. The van der Waals surface area contributed by atoms with E-state index in [0.29, 0.717) is 23.8 Å². The third-order valence-corrected chi connectivity index (χ3v) is 7.61. The second-order valence-electron chi connectivity index (χ2n) is 9.81. The lowest BCUT2D eigenvalue weighted by Gasteiger charge is -2.42. The highest BCUT2D eigenvalue weighted by Crippen LogP contribution is 2.48. The van der Waals surface area contributed by atoms with Crippen LogP contribution in [-0.2, 0) is 0 Å². The molecule has 0 spiro atoms. The Hall–Kier alpha value is -2.86. The molecule has 2 saturated carbocycles. The maximum Gasteiger partial charge on any atom is 0.142 e. The van der Waals surface area contributed by atoms with Gasteiger partial charge in [0.1, 0.15) is 24.0 Å². The lowest BCUT2D eigenvalue weighted by atomic mass is 9.63. The Morgan fingerprint density at radius 1 is 0.853 bits per heavy atom. The number of fused-ring (bicyclic) bond motifs is 1. The van der Waals surface area contributed by atoms with Crippen molar-refractivity contribution in [3.05, 3.63) is 90.0 Å². The van der Waals surface area contributed by atoms with Gasteiger partial charge in [-0.05, 0) is 98.4 Å². The number of rotatable bonds is 7. The monoisotopic (exact) mass is 460 g/mol. The summed E-state index contributed by atoms with van der Waals surface area (Å²) >= 11 is 0. The second kappa shape index (κ2) is 11.5. The first kappa shape index (κ1) is 24.3. The van der Waals surface area contributed by atoms with Gasteiger partial charge in [0.15, 0.2) is 0 Å². The molecule has 4 rings (SSSR count). The number of halogens is 2. The van der Waals surface area contributed by atoms with Crippen molar-refractivity contribution in [3.8, 4) is 17.6 Å². The molecule has 0 bridgehead atoms. The number of allylic oxidation sites excluding steroid dienone is 1. The Morgan fingerprint density at radius 2 is 1.56 bits per heavy atom. The van der Waals surface area contributed by atoms with E-state index in [-0.39, 0.29) is 11.4 Å². The van der Waals surface area contributed by atoms with Gasteiger partial charge in [0.05, 0.1) is 11.1 Å². The molecule has 2 aliphatic rings. The van der Waals surface area contributed by atoms with Gasteiger partial charge in [-0.25, -0.2) is 8.78 Å².